The van der Waals surface area contributed by atoms with Crippen LogP contribution in [0.3, 0.4) is 0 Å². The topological polar surface area (TPSA) is 55.1 Å². The van der Waals surface area contributed by atoms with Gasteiger partial charge in [-0.1, -0.05) is 36.8 Å². The molecule has 1 N–H and O–H groups in total. The first kappa shape index (κ1) is 18.0. The van der Waals surface area contributed by atoms with Gasteiger partial charge in [-0.05, 0) is 67.8 Å². The zero-order chi connectivity index (χ0) is 19.7. The predicted molar refractivity (Wildman–Crippen MR) is 113 cm³/mol. The molecule has 140 valence electrons. The minimum Gasteiger partial charge on any atom is -0.436 e. The highest BCUT2D eigenvalue weighted by Crippen LogP contribution is 2.27. The average Bonchev–Trinajstić information content (AvgIpc) is 3.11. The van der Waals surface area contributed by atoms with Crippen molar-refractivity contribution in [2.75, 3.05) is 5.32 Å². The van der Waals surface area contributed by atoms with Crippen LogP contribution in [-0.4, -0.2) is 10.9 Å². The zero-order valence-electron chi connectivity index (χ0n) is 16.2. The van der Waals surface area contributed by atoms with Crippen molar-refractivity contribution in [3.8, 4) is 11.5 Å². The molecule has 0 spiro atoms. The third kappa shape index (κ3) is 3.54. The van der Waals surface area contributed by atoms with Crippen molar-refractivity contribution >= 4 is 22.7 Å². The molecule has 1 heterocycles. The van der Waals surface area contributed by atoms with Crippen LogP contribution in [-0.2, 0) is 6.42 Å². The summed E-state index contributed by atoms with van der Waals surface area (Å²) in [5.41, 5.74) is 7.08. The number of aromatic nitrogens is 1. The molecule has 0 radical (unpaired) electrons. The molecule has 0 aliphatic carbocycles. The van der Waals surface area contributed by atoms with Crippen LogP contribution in [0.15, 0.2) is 65.1 Å². The molecule has 0 saturated heterocycles. The number of fused-ring (bicyclic) bond motifs is 1. The molecule has 1 aromatic heterocycles. The molecule has 4 rings (SSSR count). The minimum absolute atomic E-state index is 0.129. The number of rotatable bonds is 4. The number of nitrogens with one attached hydrogen (secondary N) is 1. The SMILES string of the molecule is CCc1ccc(-c2nc3cc(NC(=O)c4ccc(C)cc4C)ccc3o2)cc1. The van der Waals surface area contributed by atoms with E-state index in [-0.39, 0.29) is 5.91 Å². The van der Waals surface area contributed by atoms with E-state index in [0.717, 1.165) is 23.1 Å². The molecular weight excluding hydrogens is 348 g/mol. The molecule has 1 amide bonds. The molecular formula is C24H22N2O2. The van der Waals surface area contributed by atoms with E-state index >= 15 is 0 Å². The maximum Gasteiger partial charge on any atom is 0.255 e. The van der Waals surface area contributed by atoms with Gasteiger partial charge in [0.05, 0.1) is 0 Å². The fraction of sp³-hybridized carbons (Fsp3) is 0.167. The Balaban J connectivity index is 1.59. The second kappa shape index (κ2) is 7.31. The molecule has 0 aliphatic rings. The highest BCUT2D eigenvalue weighted by Gasteiger charge is 2.12. The first-order valence-electron chi connectivity index (χ1n) is 9.42. The number of hydrogen-bond donors (Lipinski definition) is 1. The standard InChI is InChI=1S/C24H22N2O2/c1-4-17-6-8-18(9-7-17)24-26-21-14-19(10-12-22(21)28-24)25-23(27)20-11-5-15(2)13-16(20)3/h5-14H,4H2,1-3H3,(H,25,27). The number of oxazole rings is 1. The largest absolute Gasteiger partial charge is 0.436 e. The summed E-state index contributed by atoms with van der Waals surface area (Å²) in [5.74, 6) is 0.450. The molecule has 0 aliphatic heterocycles. The van der Waals surface area contributed by atoms with Gasteiger partial charge in [-0.2, -0.15) is 0 Å². The van der Waals surface area contributed by atoms with E-state index in [1.807, 2.05) is 62.4 Å². The maximum atomic E-state index is 12.6. The monoisotopic (exact) mass is 370 g/mol. The van der Waals surface area contributed by atoms with Gasteiger partial charge < -0.3 is 9.73 Å². The lowest BCUT2D eigenvalue weighted by molar-refractivity contribution is 0.102. The summed E-state index contributed by atoms with van der Waals surface area (Å²) in [6.07, 6.45) is 0.997. The average molecular weight is 370 g/mol. The van der Waals surface area contributed by atoms with Crippen molar-refractivity contribution < 1.29 is 9.21 Å². The summed E-state index contributed by atoms with van der Waals surface area (Å²) in [5, 5.41) is 2.95. The highest BCUT2D eigenvalue weighted by molar-refractivity contribution is 6.05. The van der Waals surface area contributed by atoms with Gasteiger partial charge in [-0.15, -0.1) is 0 Å². The third-order valence-electron chi connectivity index (χ3n) is 4.88. The zero-order valence-corrected chi connectivity index (χ0v) is 16.2. The van der Waals surface area contributed by atoms with E-state index in [2.05, 4.69) is 29.4 Å². The Hall–Kier alpha value is -3.40. The second-order valence-electron chi connectivity index (χ2n) is 7.02. The number of carbonyl (C=O) groups is 1. The van der Waals surface area contributed by atoms with Crippen LogP contribution in [0, 0.1) is 13.8 Å². The Labute approximate surface area is 164 Å². The van der Waals surface area contributed by atoms with Gasteiger partial charge in [-0.25, -0.2) is 4.98 Å². The van der Waals surface area contributed by atoms with E-state index < -0.39 is 0 Å². The molecule has 0 bridgehead atoms. The molecule has 0 fully saturated rings. The van der Waals surface area contributed by atoms with Crippen LogP contribution in [0.4, 0.5) is 5.69 Å². The van der Waals surface area contributed by atoms with Crippen LogP contribution < -0.4 is 5.32 Å². The van der Waals surface area contributed by atoms with E-state index in [9.17, 15) is 4.79 Å². The fourth-order valence-corrected chi connectivity index (χ4v) is 3.28. The molecule has 4 heteroatoms. The summed E-state index contributed by atoms with van der Waals surface area (Å²) < 4.78 is 5.88. The van der Waals surface area contributed by atoms with Crippen molar-refractivity contribution in [2.45, 2.75) is 27.2 Å². The molecule has 4 aromatic rings. The fourth-order valence-electron chi connectivity index (χ4n) is 3.28. The van der Waals surface area contributed by atoms with Crippen LogP contribution in [0.25, 0.3) is 22.6 Å². The first-order valence-corrected chi connectivity index (χ1v) is 9.42. The Morgan fingerprint density at radius 1 is 1.00 bits per heavy atom. The van der Waals surface area contributed by atoms with Gasteiger partial charge >= 0.3 is 0 Å². The smallest absolute Gasteiger partial charge is 0.255 e. The van der Waals surface area contributed by atoms with Gasteiger partial charge in [0.25, 0.3) is 5.91 Å². The van der Waals surface area contributed by atoms with Crippen LogP contribution in [0.5, 0.6) is 0 Å². The Kier molecular flexibility index (Phi) is 4.70. The second-order valence-corrected chi connectivity index (χ2v) is 7.02. The molecule has 0 unspecified atom stereocenters. The molecule has 0 saturated carbocycles. The number of nitrogens with zero attached hydrogens (tertiary/aromatic N) is 1. The Morgan fingerprint density at radius 3 is 2.50 bits per heavy atom. The molecule has 4 nitrogen and oxygen atoms in total. The molecule has 0 atom stereocenters. The lowest BCUT2D eigenvalue weighted by Gasteiger charge is -2.08. The van der Waals surface area contributed by atoms with Crippen LogP contribution >= 0.6 is 0 Å². The van der Waals surface area contributed by atoms with Crippen molar-refractivity contribution in [1.29, 1.82) is 0 Å². The van der Waals surface area contributed by atoms with Crippen molar-refractivity contribution in [1.82, 2.24) is 4.98 Å². The van der Waals surface area contributed by atoms with E-state index in [0.29, 0.717) is 28.2 Å². The molecule has 28 heavy (non-hydrogen) atoms. The lowest BCUT2D eigenvalue weighted by atomic mass is 10.1. The van der Waals surface area contributed by atoms with E-state index in [4.69, 9.17) is 4.42 Å². The minimum atomic E-state index is -0.129. The van der Waals surface area contributed by atoms with E-state index in [1.54, 1.807) is 0 Å². The van der Waals surface area contributed by atoms with Crippen molar-refractivity contribution in [2.24, 2.45) is 0 Å². The van der Waals surface area contributed by atoms with Crippen LogP contribution in [0.1, 0.15) is 34.0 Å². The van der Waals surface area contributed by atoms with Gasteiger partial charge in [0.2, 0.25) is 5.89 Å². The normalized spacial score (nSPS) is 11.0. The summed E-state index contributed by atoms with van der Waals surface area (Å²) in [7, 11) is 0. The number of aryl methyl sites for hydroxylation is 3. The molecule has 3 aromatic carbocycles. The summed E-state index contributed by atoms with van der Waals surface area (Å²) in [4.78, 5) is 17.2. The number of carbonyl (C=O) groups excluding carboxylic acids is 1. The van der Waals surface area contributed by atoms with Crippen molar-refractivity contribution in [3.05, 3.63) is 82.9 Å². The Bertz CT molecular complexity index is 1160. The van der Waals surface area contributed by atoms with Gasteiger partial charge in [-0.3, -0.25) is 4.79 Å². The quantitative estimate of drug-likeness (QED) is 0.485. The summed E-state index contributed by atoms with van der Waals surface area (Å²) in [6, 6.07) is 19.5. The van der Waals surface area contributed by atoms with Gasteiger partial charge in [0.1, 0.15) is 5.52 Å². The van der Waals surface area contributed by atoms with Gasteiger partial charge in [0, 0.05) is 16.8 Å². The summed E-state index contributed by atoms with van der Waals surface area (Å²) in [6.45, 7) is 6.09. The first-order chi connectivity index (χ1) is 13.5. The third-order valence-corrected chi connectivity index (χ3v) is 4.88. The Morgan fingerprint density at radius 2 is 1.79 bits per heavy atom. The maximum absolute atomic E-state index is 12.6. The van der Waals surface area contributed by atoms with Gasteiger partial charge in [0.15, 0.2) is 5.58 Å². The number of benzene rings is 3. The number of hydrogen-bond acceptors (Lipinski definition) is 3. The van der Waals surface area contributed by atoms with Crippen LogP contribution in [0.2, 0.25) is 0 Å². The number of amides is 1. The number of anilines is 1. The lowest BCUT2D eigenvalue weighted by Crippen LogP contribution is -2.13. The summed E-state index contributed by atoms with van der Waals surface area (Å²) >= 11 is 0. The highest BCUT2D eigenvalue weighted by atomic mass is 16.3. The predicted octanol–water partition coefficient (Wildman–Crippen LogP) is 5.93. The van der Waals surface area contributed by atoms with E-state index in [1.165, 1.54) is 5.56 Å². The van der Waals surface area contributed by atoms with Crippen molar-refractivity contribution in [3.63, 3.8) is 0 Å².